The van der Waals surface area contributed by atoms with E-state index in [1.54, 1.807) is 7.11 Å². The molecular weight excluding hydrogens is 306 g/mol. The molecule has 2 aromatic heterocycles. The molecule has 0 amide bonds. The summed E-state index contributed by atoms with van der Waals surface area (Å²) in [7, 11) is 1.65. The summed E-state index contributed by atoms with van der Waals surface area (Å²) >= 11 is 7.47. The fraction of sp³-hybridized carbons (Fsp3) is 0.200. The highest BCUT2D eigenvalue weighted by Gasteiger charge is 2.11. The zero-order chi connectivity index (χ0) is 14.8. The van der Waals surface area contributed by atoms with Gasteiger partial charge in [0.25, 0.3) is 0 Å². The Morgan fingerprint density at radius 2 is 2.10 bits per heavy atom. The number of fused-ring (bicyclic) bond motifs is 1. The molecule has 108 valence electrons. The highest BCUT2D eigenvalue weighted by molar-refractivity contribution is 7.19. The molecule has 0 saturated carbocycles. The lowest BCUT2D eigenvalue weighted by molar-refractivity contribution is 0.415. The Morgan fingerprint density at radius 1 is 1.24 bits per heavy atom. The predicted molar refractivity (Wildman–Crippen MR) is 88.6 cm³/mol. The topological polar surface area (TPSA) is 47.0 Å². The van der Waals surface area contributed by atoms with Gasteiger partial charge in [-0.1, -0.05) is 11.6 Å². The Balaban J connectivity index is 2.20. The van der Waals surface area contributed by atoms with Crippen molar-refractivity contribution in [1.29, 1.82) is 0 Å². The molecule has 0 aliphatic heterocycles. The third-order valence-corrected chi connectivity index (χ3v) is 4.27. The zero-order valence-corrected chi connectivity index (χ0v) is 13.3. The van der Waals surface area contributed by atoms with Gasteiger partial charge in [0, 0.05) is 11.9 Å². The molecule has 0 atom stereocenters. The summed E-state index contributed by atoms with van der Waals surface area (Å²) in [6.07, 6.45) is 0. The summed E-state index contributed by atoms with van der Waals surface area (Å²) < 4.78 is 6.00. The summed E-state index contributed by atoms with van der Waals surface area (Å²) in [5, 5.41) is 4.23. The van der Waals surface area contributed by atoms with Crippen LogP contribution in [-0.4, -0.2) is 23.6 Å². The second-order valence-electron chi connectivity index (χ2n) is 4.41. The monoisotopic (exact) mass is 319 g/mol. The number of nitrogens with zero attached hydrogens (tertiary/aromatic N) is 2. The first-order valence-electron chi connectivity index (χ1n) is 6.56. The number of nitrogens with one attached hydrogen (secondary N) is 1. The Morgan fingerprint density at radius 3 is 2.76 bits per heavy atom. The molecule has 3 aromatic rings. The van der Waals surface area contributed by atoms with Crippen LogP contribution in [0.25, 0.3) is 21.6 Å². The van der Waals surface area contributed by atoms with E-state index in [0.29, 0.717) is 5.82 Å². The molecule has 1 aromatic carbocycles. The summed E-state index contributed by atoms with van der Waals surface area (Å²) in [6.45, 7) is 2.82. The van der Waals surface area contributed by atoms with Crippen LogP contribution in [0.1, 0.15) is 6.92 Å². The molecule has 3 rings (SSSR count). The third-order valence-electron chi connectivity index (χ3n) is 3.04. The fourth-order valence-electron chi connectivity index (χ4n) is 2.08. The number of rotatable bonds is 4. The summed E-state index contributed by atoms with van der Waals surface area (Å²) in [4.78, 5) is 10.2. The van der Waals surface area contributed by atoms with Crippen LogP contribution in [0.4, 0.5) is 5.82 Å². The number of thiophene rings is 1. The van der Waals surface area contributed by atoms with Gasteiger partial charge in [-0.2, -0.15) is 0 Å². The van der Waals surface area contributed by atoms with Crippen LogP contribution >= 0.6 is 22.9 Å². The highest BCUT2D eigenvalue weighted by Crippen LogP contribution is 2.32. The first kappa shape index (κ1) is 14.1. The molecule has 0 saturated heterocycles. The van der Waals surface area contributed by atoms with E-state index in [1.165, 1.54) is 11.3 Å². The van der Waals surface area contributed by atoms with Crippen molar-refractivity contribution in [2.45, 2.75) is 6.92 Å². The number of ether oxygens (including phenoxy) is 1. The smallest absolute Gasteiger partial charge is 0.172 e. The van der Waals surface area contributed by atoms with Gasteiger partial charge in [-0.15, -0.1) is 11.3 Å². The van der Waals surface area contributed by atoms with Crippen LogP contribution in [0.15, 0.2) is 30.3 Å². The van der Waals surface area contributed by atoms with Crippen molar-refractivity contribution in [2.24, 2.45) is 0 Å². The van der Waals surface area contributed by atoms with E-state index in [0.717, 1.165) is 38.2 Å². The first-order chi connectivity index (χ1) is 10.2. The van der Waals surface area contributed by atoms with Gasteiger partial charge >= 0.3 is 0 Å². The van der Waals surface area contributed by atoms with E-state index >= 15 is 0 Å². The van der Waals surface area contributed by atoms with Crippen LogP contribution in [0.2, 0.25) is 4.34 Å². The second-order valence-corrected chi connectivity index (χ2v) is 6.13. The van der Waals surface area contributed by atoms with Gasteiger partial charge in [-0.25, -0.2) is 9.97 Å². The molecule has 2 heterocycles. The number of anilines is 1. The van der Waals surface area contributed by atoms with E-state index in [9.17, 15) is 0 Å². The number of hydrogen-bond acceptors (Lipinski definition) is 5. The number of hydrogen-bond donors (Lipinski definition) is 1. The molecule has 4 nitrogen and oxygen atoms in total. The molecule has 6 heteroatoms. The predicted octanol–water partition coefficient (Wildman–Crippen LogP) is 4.45. The minimum atomic E-state index is 0.681. The van der Waals surface area contributed by atoms with Crippen molar-refractivity contribution in [1.82, 2.24) is 9.97 Å². The molecule has 0 radical (unpaired) electrons. The lowest BCUT2D eigenvalue weighted by Gasteiger charge is -2.10. The number of halogens is 1. The third kappa shape index (κ3) is 2.80. The van der Waals surface area contributed by atoms with E-state index in [1.807, 2.05) is 37.3 Å². The second kappa shape index (κ2) is 5.87. The van der Waals surface area contributed by atoms with Crippen molar-refractivity contribution in [2.75, 3.05) is 19.0 Å². The van der Waals surface area contributed by atoms with Gasteiger partial charge in [-0.05, 0) is 37.3 Å². The Hall–Kier alpha value is -1.85. The summed E-state index contributed by atoms with van der Waals surface area (Å²) in [5.41, 5.74) is 0.876. The quantitative estimate of drug-likeness (QED) is 0.771. The van der Waals surface area contributed by atoms with E-state index in [4.69, 9.17) is 16.3 Å². The Labute approximate surface area is 131 Å². The van der Waals surface area contributed by atoms with Crippen LogP contribution in [-0.2, 0) is 0 Å². The van der Waals surface area contributed by atoms with Crippen LogP contribution < -0.4 is 10.1 Å². The molecule has 21 heavy (non-hydrogen) atoms. The van der Waals surface area contributed by atoms with Crippen LogP contribution in [0.3, 0.4) is 0 Å². The molecule has 0 spiro atoms. The maximum absolute atomic E-state index is 6.00. The van der Waals surface area contributed by atoms with Crippen molar-refractivity contribution in [3.8, 4) is 16.5 Å². The highest BCUT2D eigenvalue weighted by atomic mass is 35.5. The largest absolute Gasteiger partial charge is 0.497 e. The minimum Gasteiger partial charge on any atom is -0.497 e. The van der Waals surface area contributed by atoms with Gasteiger partial charge in [0.2, 0.25) is 0 Å². The molecule has 0 aliphatic rings. The molecule has 0 fully saturated rings. The average molecular weight is 320 g/mol. The van der Waals surface area contributed by atoms with Crippen LogP contribution in [0.5, 0.6) is 5.75 Å². The van der Waals surface area contributed by atoms with Gasteiger partial charge in [0.05, 0.1) is 21.8 Å². The SMILES string of the molecule is CCNc1nc(-c2ccc(Cl)s2)nc2ccc(OC)cc12. The Bertz CT molecular complexity index is 788. The zero-order valence-electron chi connectivity index (χ0n) is 11.7. The maximum Gasteiger partial charge on any atom is 0.172 e. The van der Waals surface area contributed by atoms with Crippen molar-refractivity contribution >= 4 is 39.7 Å². The molecular formula is C15H14ClN3OS. The van der Waals surface area contributed by atoms with Crippen molar-refractivity contribution in [3.63, 3.8) is 0 Å². The van der Waals surface area contributed by atoms with E-state index in [-0.39, 0.29) is 0 Å². The summed E-state index contributed by atoms with van der Waals surface area (Å²) in [5.74, 6) is 2.28. The number of methoxy groups -OCH3 is 1. The lowest BCUT2D eigenvalue weighted by Crippen LogP contribution is -2.02. The molecule has 1 N–H and O–H groups in total. The average Bonchev–Trinajstić information content (AvgIpc) is 2.93. The standard InChI is InChI=1S/C15H14ClN3OS/c1-3-17-14-10-8-9(20-2)4-5-11(10)18-15(19-14)12-6-7-13(16)21-12/h4-8H,3H2,1-2H3,(H,17,18,19). The maximum atomic E-state index is 6.00. The van der Waals surface area contributed by atoms with Crippen molar-refractivity contribution in [3.05, 3.63) is 34.7 Å². The molecule has 0 aliphatic carbocycles. The number of benzene rings is 1. The van der Waals surface area contributed by atoms with Crippen molar-refractivity contribution < 1.29 is 4.74 Å². The lowest BCUT2D eigenvalue weighted by atomic mass is 10.2. The fourth-order valence-corrected chi connectivity index (χ4v) is 3.06. The number of aromatic nitrogens is 2. The first-order valence-corrected chi connectivity index (χ1v) is 7.76. The molecule has 0 unspecified atom stereocenters. The minimum absolute atomic E-state index is 0.681. The van der Waals surface area contributed by atoms with E-state index < -0.39 is 0 Å². The van der Waals surface area contributed by atoms with Crippen LogP contribution in [0, 0.1) is 0 Å². The summed E-state index contributed by atoms with van der Waals surface area (Å²) in [6, 6.07) is 9.58. The van der Waals surface area contributed by atoms with E-state index in [2.05, 4.69) is 15.3 Å². The van der Waals surface area contributed by atoms with Gasteiger partial charge in [0.15, 0.2) is 5.82 Å². The van der Waals surface area contributed by atoms with Gasteiger partial charge in [-0.3, -0.25) is 0 Å². The normalized spacial score (nSPS) is 10.8. The van der Waals surface area contributed by atoms with Gasteiger partial charge in [0.1, 0.15) is 11.6 Å². The van der Waals surface area contributed by atoms with Gasteiger partial charge < -0.3 is 10.1 Å². The Kier molecular flexibility index (Phi) is 3.94. The molecule has 0 bridgehead atoms.